The lowest BCUT2D eigenvalue weighted by atomic mass is 10.0. The molecular formula is C30H39N2O6S3Si. The first kappa shape index (κ1) is 32.5. The van der Waals surface area contributed by atoms with Gasteiger partial charge in [-0.2, -0.15) is 0 Å². The number of thioether (sulfide) groups is 1. The van der Waals surface area contributed by atoms with Gasteiger partial charge in [0.25, 0.3) is 0 Å². The average molecular weight is 648 g/mol. The highest BCUT2D eigenvalue weighted by atomic mass is 32.3. The number of nitrogens with zero attached hydrogens (tertiary/aromatic N) is 1. The van der Waals surface area contributed by atoms with E-state index in [1.165, 1.54) is 11.0 Å². The van der Waals surface area contributed by atoms with E-state index in [4.69, 9.17) is 4.74 Å². The summed E-state index contributed by atoms with van der Waals surface area (Å²) >= 11 is 0.752. The zero-order valence-electron chi connectivity index (χ0n) is 24.8. The molecule has 1 N–H and O–H groups in total. The molecule has 0 saturated carbocycles. The number of hydrogen-bond donors (Lipinski definition) is 1. The van der Waals surface area contributed by atoms with Crippen LogP contribution in [0.2, 0.25) is 5.04 Å². The van der Waals surface area contributed by atoms with Crippen molar-refractivity contribution < 1.29 is 26.4 Å². The van der Waals surface area contributed by atoms with Crippen molar-refractivity contribution in [3.63, 3.8) is 0 Å². The zero-order valence-corrected chi connectivity index (χ0v) is 28.3. The maximum absolute atomic E-state index is 14.6. The minimum absolute atomic E-state index is 0.000700. The van der Waals surface area contributed by atoms with Gasteiger partial charge in [0.1, 0.15) is 14.6 Å². The molecule has 2 aliphatic rings. The van der Waals surface area contributed by atoms with Gasteiger partial charge in [0.15, 0.2) is 9.84 Å². The number of sulfonamides is 1. The van der Waals surface area contributed by atoms with E-state index >= 15 is 0 Å². The lowest BCUT2D eigenvalue weighted by molar-refractivity contribution is 0.0824. The topological polar surface area (TPSA) is 110 Å². The van der Waals surface area contributed by atoms with E-state index in [9.17, 15) is 21.6 Å². The van der Waals surface area contributed by atoms with Gasteiger partial charge in [-0.25, -0.2) is 26.0 Å². The Morgan fingerprint density at radius 3 is 2.10 bits per heavy atom. The summed E-state index contributed by atoms with van der Waals surface area (Å²) < 4.78 is 64.3. The third kappa shape index (κ3) is 5.88. The maximum Gasteiger partial charge on any atom is 0.410 e. The molecule has 42 heavy (non-hydrogen) atoms. The Kier molecular flexibility index (Phi) is 9.26. The smallest absolute Gasteiger partial charge is 0.410 e. The van der Waals surface area contributed by atoms with Crippen molar-refractivity contribution in [1.82, 2.24) is 9.29 Å². The fraction of sp³-hybridized carbons (Fsp3) is 0.400. The number of hydrogen-bond acceptors (Lipinski definition) is 7. The van der Waals surface area contributed by atoms with Crippen molar-refractivity contribution in [2.24, 2.45) is 0 Å². The Hall–Kier alpha value is -2.38. The molecule has 227 valence electrons. The zero-order chi connectivity index (χ0) is 31.1. The molecule has 1 amide bonds. The van der Waals surface area contributed by atoms with Crippen LogP contribution in [0, 0.1) is 6.92 Å². The third-order valence-corrected chi connectivity index (χ3v) is 20.0. The normalized spacial score (nSPS) is 20.7. The van der Waals surface area contributed by atoms with Gasteiger partial charge in [0, 0.05) is 6.54 Å². The van der Waals surface area contributed by atoms with Gasteiger partial charge < -0.3 is 4.74 Å². The van der Waals surface area contributed by atoms with Crippen LogP contribution in [-0.2, 0) is 24.6 Å². The second-order valence-corrected chi connectivity index (χ2v) is 22.0. The van der Waals surface area contributed by atoms with Gasteiger partial charge in [0.05, 0.1) is 11.3 Å². The molecule has 2 heterocycles. The Morgan fingerprint density at radius 1 is 1.12 bits per heavy atom. The molecule has 1 unspecified atom stereocenters. The predicted molar refractivity (Wildman–Crippen MR) is 173 cm³/mol. The Balaban J connectivity index is 1.90. The molecule has 0 saturated heterocycles. The third-order valence-electron chi connectivity index (χ3n) is 7.71. The lowest BCUT2D eigenvalue weighted by Gasteiger charge is -2.44. The predicted octanol–water partition coefficient (Wildman–Crippen LogP) is 4.52. The number of carbonyl (C=O) groups is 1. The molecule has 12 heteroatoms. The molecule has 2 aromatic carbocycles. The highest BCUT2D eigenvalue weighted by Gasteiger charge is 2.53. The van der Waals surface area contributed by atoms with E-state index in [1.807, 2.05) is 81.4 Å². The van der Waals surface area contributed by atoms with E-state index in [0.717, 1.165) is 22.1 Å². The van der Waals surface area contributed by atoms with Gasteiger partial charge in [-0.05, 0) is 61.2 Å². The average Bonchev–Trinajstić information content (AvgIpc) is 3.15. The van der Waals surface area contributed by atoms with Crippen molar-refractivity contribution in [1.29, 1.82) is 0 Å². The lowest BCUT2D eigenvalue weighted by Crippen LogP contribution is -2.74. The summed E-state index contributed by atoms with van der Waals surface area (Å²) in [4.78, 5) is 14.5. The highest BCUT2D eigenvalue weighted by molar-refractivity contribution is 8.28. The molecule has 0 aromatic heterocycles. The Morgan fingerprint density at radius 2 is 1.64 bits per heavy atom. The number of ether oxygens (including phenoxy) is 1. The second kappa shape index (κ2) is 12.0. The van der Waals surface area contributed by atoms with Crippen molar-refractivity contribution in [2.45, 2.75) is 70.4 Å². The number of nitrogens with one attached hydrogen (secondary N) is 1. The van der Waals surface area contributed by atoms with Crippen LogP contribution in [0.4, 0.5) is 4.79 Å². The largest absolute Gasteiger partial charge is 0.446 e. The van der Waals surface area contributed by atoms with Crippen molar-refractivity contribution in [2.75, 3.05) is 6.54 Å². The highest BCUT2D eigenvalue weighted by Crippen LogP contribution is 2.49. The van der Waals surface area contributed by atoms with Crippen LogP contribution in [0.1, 0.15) is 48.0 Å². The summed E-state index contributed by atoms with van der Waals surface area (Å²) in [6.45, 7) is 14.9. The first-order chi connectivity index (χ1) is 19.6. The molecule has 2 aromatic rings. The summed E-state index contributed by atoms with van der Waals surface area (Å²) in [7, 11) is -11.4. The van der Waals surface area contributed by atoms with E-state index in [1.54, 1.807) is 20.8 Å². The fourth-order valence-corrected chi connectivity index (χ4v) is 18.1. The molecule has 2 aliphatic heterocycles. The summed E-state index contributed by atoms with van der Waals surface area (Å²) in [5, 5.41) is 0.467. The van der Waals surface area contributed by atoms with Crippen molar-refractivity contribution in [3.8, 4) is 0 Å². The Bertz CT molecular complexity index is 1560. The number of likely N-dealkylation sites (N-methyl/N-ethyl adjacent to an activating group) is 1. The van der Waals surface area contributed by atoms with E-state index in [2.05, 4.69) is 11.3 Å². The summed E-state index contributed by atoms with van der Waals surface area (Å²) in [6, 6.07) is 18.2. The van der Waals surface area contributed by atoms with Gasteiger partial charge in [-0.15, -0.1) is 0 Å². The van der Waals surface area contributed by atoms with Gasteiger partial charge >= 0.3 is 6.09 Å². The SMILES string of the molecule is [CH2]C(C)OC(=O)N(CC)[C@H]1C=C(S(=O)(=O)N[Si](c2ccccc2)(c2ccccc2)C(C)(C)C)SC2=C1C[C@H](C)S2(=O)=O. The summed E-state index contributed by atoms with van der Waals surface area (Å²) in [5.41, 5.74) is 0.507. The van der Waals surface area contributed by atoms with E-state index < -0.39 is 56.6 Å². The minimum atomic E-state index is -4.30. The quantitative estimate of drug-likeness (QED) is 0.420. The van der Waals surface area contributed by atoms with E-state index in [-0.39, 0.29) is 21.4 Å². The monoisotopic (exact) mass is 647 g/mol. The Labute approximate surface area is 255 Å². The fourth-order valence-electron chi connectivity index (χ4n) is 5.62. The van der Waals surface area contributed by atoms with Crippen molar-refractivity contribution in [3.05, 3.63) is 87.7 Å². The molecule has 3 atom stereocenters. The van der Waals surface area contributed by atoms with Crippen LogP contribution in [0.15, 0.2) is 80.8 Å². The minimum Gasteiger partial charge on any atom is -0.446 e. The van der Waals surface area contributed by atoms with Crippen LogP contribution in [0.3, 0.4) is 0 Å². The van der Waals surface area contributed by atoms with Gasteiger partial charge in [-0.3, -0.25) is 4.90 Å². The van der Waals surface area contributed by atoms with Crippen LogP contribution < -0.4 is 14.8 Å². The van der Waals surface area contributed by atoms with Crippen molar-refractivity contribution >= 4 is 56.3 Å². The first-order valence-electron chi connectivity index (χ1n) is 13.9. The number of benzene rings is 2. The first-order valence-corrected chi connectivity index (χ1v) is 19.7. The van der Waals surface area contributed by atoms with Crippen LogP contribution >= 0.6 is 11.8 Å². The molecule has 1 radical (unpaired) electrons. The number of amides is 1. The molecular weight excluding hydrogens is 609 g/mol. The molecule has 4 rings (SSSR count). The van der Waals surface area contributed by atoms with Gasteiger partial charge in [0.2, 0.25) is 18.3 Å². The second-order valence-electron chi connectivity index (χ2n) is 11.7. The summed E-state index contributed by atoms with van der Waals surface area (Å²) in [6.07, 6.45) is 0.364. The number of sulfone groups is 1. The van der Waals surface area contributed by atoms with Crippen LogP contribution in [0.5, 0.6) is 0 Å². The molecule has 0 spiro atoms. The van der Waals surface area contributed by atoms with Crippen LogP contribution in [-0.4, -0.2) is 60.0 Å². The molecule has 0 fully saturated rings. The number of carbonyl (C=O) groups excluding carboxylic acids is 1. The maximum atomic E-state index is 14.6. The standard InChI is InChI=1S/C30H39N2O6S3Si/c1-8-32(29(33)38-21(2)3)26-20-27(39-28-25(26)19-22(4)40(28,34)35)41(36,37)31-42(30(5,6)7,23-15-11-9-12-16-23)24-17-13-10-14-18-24/h9-18,20-22,26,31H,2,8,19H2,1,3-7H3/t21?,22-,26-/m0/s1. The van der Waals surface area contributed by atoms with Crippen LogP contribution in [0.25, 0.3) is 0 Å². The molecule has 0 aliphatic carbocycles. The number of rotatable bonds is 8. The summed E-state index contributed by atoms with van der Waals surface area (Å²) in [5.74, 6) is 0. The van der Waals surface area contributed by atoms with Gasteiger partial charge in [-0.1, -0.05) is 93.2 Å². The molecule has 0 bridgehead atoms. The molecule has 8 nitrogen and oxygen atoms in total. The van der Waals surface area contributed by atoms with E-state index in [0.29, 0.717) is 5.57 Å².